The minimum atomic E-state index is -4.25. The Kier molecular flexibility index (Phi) is 4.19. The molecule has 1 aromatic carbocycles. The fourth-order valence-electron chi connectivity index (χ4n) is 1.75. The molecular formula is C13H12F2N2O3S. The van der Waals surface area contributed by atoms with E-state index in [0.717, 1.165) is 12.1 Å². The van der Waals surface area contributed by atoms with Gasteiger partial charge in [0.15, 0.2) is 5.82 Å². The Morgan fingerprint density at radius 2 is 2.00 bits per heavy atom. The zero-order valence-electron chi connectivity index (χ0n) is 11.0. The summed E-state index contributed by atoms with van der Waals surface area (Å²) in [7, 11) is -4.25. The van der Waals surface area contributed by atoms with Crippen LogP contribution in [0.4, 0.5) is 14.5 Å². The molecule has 0 radical (unpaired) electrons. The third-order valence-corrected chi connectivity index (χ3v) is 4.12. The molecule has 0 aliphatic heterocycles. The zero-order valence-corrected chi connectivity index (χ0v) is 11.8. The van der Waals surface area contributed by atoms with E-state index in [1.165, 1.54) is 18.5 Å². The standard InChI is InChI=1S/C13H12F2N2O3S/c1-8-4-9(6-16-5-8)17-21(19,20)12-3-2-11(14)10(7-18)13(12)15/h2-6,17-18H,7H2,1H3. The molecule has 0 spiro atoms. The number of halogens is 2. The van der Waals surface area contributed by atoms with E-state index in [1.54, 1.807) is 6.92 Å². The maximum atomic E-state index is 14.0. The summed E-state index contributed by atoms with van der Waals surface area (Å²) >= 11 is 0. The Labute approximate surface area is 120 Å². The number of aliphatic hydroxyl groups excluding tert-OH is 1. The molecule has 2 N–H and O–H groups in total. The average Bonchev–Trinajstić information content (AvgIpc) is 2.38. The number of sulfonamides is 1. The summed E-state index contributed by atoms with van der Waals surface area (Å²) in [6.45, 7) is 0.778. The van der Waals surface area contributed by atoms with Crippen LogP contribution in [0.15, 0.2) is 35.5 Å². The maximum Gasteiger partial charge on any atom is 0.264 e. The van der Waals surface area contributed by atoms with Crippen molar-refractivity contribution < 1.29 is 22.3 Å². The van der Waals surface area contributed by atoms with Crippen LogP contribution in [0.25, 0.3) is 0 Å². The molecule has 21 heavy (non-hydrogen) atoms. The minimum absolute atomic E-state index is 0.157. The lowest BCUT2D eigenvalue weighted by Gasteiger charge is -2.11. The fourth-order valence-corrected chi connectivity index (χ4v) is 2.89. The lowest BCUT2D eigenvalue weighted by atomic mass is 10.2. The highest BCUT2D eigenvalue weighted by atomic mass is 32.2. The van der Waals surface area contributed by atoms with Crippen LogP contribution in [0.3, 0.4) is 0 Å². The maximum absolute atomic E-state index is 14.0. The van der Waals surface area contributed by atoms with E-state index >= 15 is 0 Å². The first kappa shape index (κ1) is 15.3. The van der Waals surface area contributed by atoms with Crippen LogP contribution in [-0.2, 0) is 16.6 Å². The topological polar surface area (TPSA) is 79.3 Å². The molecule has 1 aromatic heterocycles. The third kappa shape index (κ3) is 3.17. The van der Waals surface area contributed by atoms with E-state index in [4.69, 9.17) is 5.11 Å². The number of nitrogens with one attached hydrogen (secondary N) is 1. The molecule has 0 unspecified atom stereocenters. The number of pyridine rings is 1. The average molecular weight is 314 g/mol. The number of aromatic nitrogens is 1. The van der Waals surface area contributed by atoms with Crippen LogP contribution in [-0.4, -0.2) is 18.5 Å². The molecule has 5 nitrogen and oxygen atoms in total. The molecule has 0 saturated carbocycles. The number of nitrogens with zero attached hydrogens (tertiary/aromatic N) is 1. The molecule has 0 bridgehead atoms. The Morgan fingerprint density at radius 3 is 2.62 bits per heavy atom. The summed E-state index contributed by atoms with van der Waals surface area (Å²) in [5.41, 5.74) is 0.176. The van der Waals surface area contributed by atoms with E-state index in [2.05, 4.69) is 9.71 Å². The van der Waals surface area contributed by atoms with Gasteiger partial charge in [0.25, 0.3) is 10.0 Å². The SMILES string of the molecule is Cc1cncc(NS(=O)(=O)c2ccc(F)c(CO)c2F)c1. The van der Waals surface area contributed by atoms with Gasteiger partial charge in [-0.1, -0.05) is 0 Å². The first-order chi connectivity index (χ1) is 9.85. The van der Waals surface area contributed by atoms with Crippen LogP contribution in [0.5, 0.6) is 0 Å². The predicted molar refractivity (Wildman–Crippen MR) is 72.1 cm³/mol. The molecule has 0 aliphatic carbocycles. The quantitative estimate of drug-likeness (QED) is 0.904. The number of aryl methyl sites for hydroxylation is 1. The molecule has 0 amide bonds. The zero-order chi connectivity index (χ0) is 15.6. The second-order valence-electron chi connectivity index (χ2n) is 4.35. The van der Waals surface area contributed by atoms with Gasteiger partial charge in [-0.2, -0.15) is 0 Å². The highest BCUT2D eigenvalue weighted by molar-refractivity contribution is 7.92. The van der Waals surface area contributed by atoms with Gasteiger partial charge in [-0.05, 0) is 30.7 Å². The van der Waals surface area contributed by atoms with E-state index in [9.17, 15) is 17.2 Å². The normalized spacial score (nSPS) is 11.4. The molecule has 0 atom stereocenters. The van der Waals surface area contributed by atoms with Crippen molar-refractivity contribution >= 4 is 15.7 Å². The number of hydrogen-bond donors (Lipinski definition) is 2. The molecule has 8 heteroatoms. The van der Waals surface area contributed by atoms with Gasteiger partial charge in [0.05, 0.1) is 24.1 Å². The molecule has 2 aromatic rings. The monoisotopic (exact) mass is 314 g/mol. The smallest absolute Gasteiger partial charge is 0.264 e. The Morgan fingerprint density at radius 1 is 1.29 bits per heavy atom. The summed E-state index contributed by atoms with van der Waals surface area (Å²) in [6, 6.07) is 3.10. The van der Waals surface area contributed by atoms with Crippen molar-refractivity contribution in [2.24, 2.45) is 0 Å². The van der Waals surface area contributed by atoms with Crippen molar-refractivity contribution in [2.75, 3.05) is 4.72 Å². The van der Waals surface area contributed by atoms with Crippen molar-refractivity contribution in [2.45, 2.75) is 18.4 Å². The van der Waals surface area contributed by atoms with Gasteiger partial charge >= 0.3 is 0 Å². The van der Waals surface area contributed by atoms with Gasteiger partial charge in [-0.3, -0.25) is 9.71 Å². The van der Waals surface area contributed by atoms with Crippen molar-refractivity contribution in [3.8, 4) is 0 Å². The highest BCUT2D eigenvalue weighted by Crippen LogP contribution is 2.23. The van der Waals surface area contributed by atoms with Gasteiger partial charge in [-0.25, -0.2) is 17.2 Å². The Bertz CT molecular complexity index is 779. The van der Waals surface area contributed by atoms with Crippen molar-refractivity contribution in [1.29, 1.82) is 0 Å². The summed E-state index contributed by atoms with van der Waals surface area (Å²) in [4.78, 5) is 3.07. The van der Waals surface area contributed by atoms with Crippen molar-refractivity contribution in [1.82, 2.24) is 4.98 Å². The number of anilines is 1. The number of hydrogen-bond acceptors (Lipinski definition) is 4. The van der Waals surface area contributed by atoms with E-state index in [0.29, 0.717) is 5.56 Å². The van der Waals surface area contributed by atoms with Crippen molar-refractivity contribution in [3.63, 3.8) is 0 Å². The van der Waals surface area contributed by atoms with Crippen LogP contribution in [0, 0.1) is 18.6 Å². The molecule has 0 aliphatic rings. The number of aliphatic hydroxyl groups is 1. The first-order valence-electron chi connectivity index (χ1n) is 5.87. The molecule has 0 fully saturated rings. The number of benzene rings is 1. The van der Waals surface area contributed by atoms with Crippen LogP contribution >= 0.6 is 0 Å². The highest BCUT2D eigenvalue weighted by Gasteiger charge is 2.23. The third-order valence-electron chi connectivity index (χ3n) is 2.73. The first-order valence-corrected chi connectivity index (χ1v) is 7.35. The molecule has 112 valence electrons. The predicted octanol–water partition coefficient (Wildman–Crippen LogP) is 1.96. The summed E-state index contributed by atoms with van der Waals surface area (Å²) in [5, 5.41) is 8.91. The molecule has 0 saturated heterocycles. The van der Waals surface area contributed by atoms with E-state index in [-0.39, 0.29) is 5.69 Å². The van der Waals surface area contributed by atoms with E-state index in [1.807, 2.05) is 0 Å². The summed E-state index contributed by atoms with van der Waals surface area (Å²) in [5.74, 6) is -2.32. The largest absolute Gasteiger partial charge is 0.391 e. The lowest BCUT2D eigenvalue weighted by Crippen LogP contribution is -2.16. The van der Waals surface area contributed by atoms with Crippen molar-refractivity contribution in [3.05, 3.63) is 53.4 Å². The van der Waals surface area contributed by atoms with Crippen LogP contribution in [0.1, 0.15) is 11.1 Å². The van der Waals surface area contributed by atoms with Gasteiger partial charge < -0.3 is 5.11 Å². The summed E-state index contributed by atoms with van der Waals surface area (Å²) in [6.07, 6.45) is 2.79. The second kappa shape index (κ2) is 5.74. The van der Waals surface area contributed by atoms with Gasteiger partial charge in [0.1, 0.15) is 10.7 Å². The van der Waals surface area contributed by atoms with Crippen LogP contribution < -0.4 is 4.72 Å². The van der Waals surface area contributed by atoms with Gasteiger partial charge in [-0.15, -0.1) is 0 Å². The lowest BCUT2D eigenvalue weighted by molar-refractivity contribution is 0.267. The molecule has 1 heterocycles. The fraction of sp³-hybridized carbons (Fsp3) is 0.154. The molecular weight excluding hydrogens is 302 g/mol. The summed E-state index contributed by atoms with van der Waals surface area (Å²) < 4.78 is 53.7. The number of rotatable bonds is 4. The molecule has 2 rings (SSSR count). The Hall–Kier alpha value is -2.06. The van der Waals surface area contributed by atoms with Gasteiger partial charge in [0.2, 0.25) is 0 Å². The van der Waals surface area contributed by atoms with Crippen LogP contribution in [0.2, 0.25) is 0 Å². The van der Waals surface area contributed by atoms with Gasteiger partial charge in [0, 0.05) is 6.20 Å². The Balaban J connectivity index is 2.45. The second-order valence-corrected chi connectivity index (χ2v) is 6.00. The van der Waals surface area contributed by atoms with E-state index < -0.39 is 38.7 Å². The minimum Gasteiger partial charge on any atom is -0.391 e.